The van der Waals surface area contributed by atoms with E-state index in [1.807, 2.05) is 14.2 Å². The quantitative estimate of drug-likeness (QED) is 0.588. The van der Waals surface area contributed by atoms with Crippen LogP contribution in [0.4, 0.5) is 0 Å². The van der Waals surface area contributed by atoms with Gasteiger partial charge in [0.25, 0.3) is 0 Å². The molecule has 0 aromatic carbocycles. The molecule has 69 valence electrons. The summed E-state index contributed by atoms with van der Waals surface area (Å²) in [6.07, 6.45) is -0.446. The van der Waals surface area contributed by atoms with Gasteiger partial charge in [-0.1, -0.05) is 19.7 Å². The second kappa shape index (κ2) is 4.26. The summed E-state index contributed by atoms with van der Waals surface area (Å²) in [6.45, 7) is 2.03. The molecule has 4 heteroatoms. The molecule has 1 radical (unpaired) electrons. The molecule has 1 unspecified atom stereocenters. The zero-order valence-electron chi connectivity index (χ0n) is 8.31. The Morgan fingerprint density at radius 1 is 1.50 bits per heavy atom. The third-order valence-corrected chi connectivity index (χ3v) is 2.09. The highest BCUT2D eigenvalue weighted by Gasteiger charge is 2.39. The van der Waals surface area contributed by atoms with E-state index >= 15 is 0 Å². The van der Waals surface area contributed by atoms with Crippen molar-refractivity contribution in [1.29, 1.82) is 0 Å². The average molecular weight is 172 g/mol. The third-order valence-electron chi connectivity index (χ3n) is 2.09. The number of aliphatic hydroxyl groups is 2. The fraction of sp³-hybridized carbons (Fsp3) is 1.00. The topological polar surface area (TPSA) is 49.7 Å². The molecule has 1 heterocycles. The van der Waals surface area contributed by atoms with Crippen LogP contribution in [0, 0.1) is 0 Å². The van der Waals surface area contributed by atoms with Gasteiger partial charge in [-0.2, -0.15) is 0 Å². The molecule has 0 aromatic rings. The molecule has 0 amide bonds. The van der Waals surface area contributed by atoms with Gasteiger partial charge in [0, 0.05) is 1.37 Å². The molecule has 2 N–H and O–H groups in total. The Bertz CT molecular complexity index is 158. The van der Waals surface area contributed by atoms with Gasteiger partial charge in [0.05, 0.1) is 12.1 Å². The fourth-order valence-corrected chi connectivity index (χ4v) is 1.30. The zero-order valence-corrected chi connectivity index (χ0v) is 7.31. The number of hydrogen-bond donors (Lipinski definition) is 2. The molecule has 1 aliphatic rings. The van der Waals surface area contributed by atoms with Gasteiger partial charge < -0.3 is 14.9 Å². The lowest BCUT2D eigenvalue weighted by Crippen LogP contribution is -2.34. The maximum atomic E-state index is 9.50. The van der Waals surface area contributed by atoms with Gasteiger partial charge >= 0.3 is 0 Å². The first-order chi connectivity index (χ1) is 6.20. The van der Waals surface area contributed by atoms with Crippen LogP contribution in [-0.2, 0) is 4.74 Å². The minimum atomic E-state index is -0.907. The van der Waals surface area contributed by atoms with Gasteiger partial charge in [0.2, 0.25) is 0 Å². The molecule has 0 aliphatic carbocycles. The molecule has 1 saturated heterocycles. The maximum Gasteiger partial charge on any atom is 0.153 e. The van der Waals surface area contributed by atoms with Gasteiger partial charge in [-0.15, -0.1) is 0 Å². The van der Waals surface area contributed by atoms with Crippen LogP contribution in [0.1, 0.15) is 21.6 Å². The number of aliphatic hydroxyl groups excluding tert-OH is 2. The molecule has 12 heavy (non-hydrogen) atoms. The van der Waals surface area contributed by atoms with E-state index in [1.165, 1.54) is 0 Å². The van der Waals surface area contributed by atoms with Crippen molar-refractivity contribution in [3.8, 4) is 0 Å². The summed E-state index contributed by atoms with van der Waals surface area (Å²) in [5.41, 5.74) is 0. The van der Waals surface area contributed by atoms with Crippen molar-refractivity contribution in [1.82, 2.24) is 0 Å². The van der Waals surface area contributed by atoms with Crippen molar-refractivity contribution >= 4 is 7.28 Å². The SMILES string of the molecule is [2H]C[C@H]1O[C@@H]([B]CCC)[C@@H](O)C1O. The molecule has 4 atom stereocenters. The summed E-state index contributed by atoms with van der Waals surface area (Å²) in [5.74, 6) is 0. The Morgan fingerprint density at radius 3 is 2.75 bits per heavy atom. The third kappa shape index (κ3) is 2.00. The number of rotatable bonds is 3. The molecule has 1 aliphatic heterocycles. The lowest BCUT2D eigenvalue weighted by Gasteiger charge is -2.12. The van der Waals surface area contributed by atoms with Gasteiger partial charge in [-0.3, -0.25) is 0 Å². The molecule has 0 aromatic heterocycles. The molecule has 3 nitrogen and oxygen atoms in total. The van der Waals surface area contributed by atoms with Crippen molar-refractivity contribution in [2.45, 2.75) is 50.9 Å². The first-order valence-corrected chi connectivity index (χ1v) is 4.34. The second-order valence-electron chi connectivity index (χ2n) is 3.14. The van der Waals surface area contributed by atoms with Gasteiger partial charge in [-0.25, -0.2) is 0 Å². The predicted molar refractivity (Wildman–Crippen MR) is 47.2 cm³/mol. The Balaban J connectivity index is 2.40. The minimum Gasteiger partial charge on any atom is -0.388 e. The van der Waals surface area contributed by atoms with Crippen LogP contribution in [-0.4, -0.2) is 41.8 Å². The van der Waals surface area contributed by atoms with Crippen LogP contribution in [0.5, 0.6) is 0 Å². The standard InChI is InChI=1S/C8H16BO3/c1-3-4-9-8-7(11)6(10)5(2)12-8/h5-8,10-11H,3-4H2,1-2H3/t5-,6?,7+,8-/m1/s1/i2D. The molecular weight excluding hydrogens is 155 g/mol. The smallest absolute Gasteiger partial charge is 0.153 e. The number of hydrogen-bond acceptors (Lipinski definition) is 3. The Labute approximate surface area is 75.4 Å². The summed E-state index contributed by atoms with van der Waals surface area (Å²) >= 11 is 0. The largest absolute Gasteiger partial charge is 0.388 e. The molecular formula is C8H16BO3. The highest BCUT2D eigenvalue weighted by atomic mass is 16.5. The minimum absolute atomic E-state index is 0.00527. The van der Waals surface area contributed by atoms with Crippen molar-refractivity contribution in [2.24, 2.45) is 0 Å². The van der Waals surface area contributed by atoms with Crippen molar-refractivity contribution < 1.29 is 16.3 Å². The van der Waals surface area contributed by atoms with Gasteiger partial charge in [0.15, 0.2) is 7.28 Å². The van der Waals surface area contributed by atoms with E-state index in [4.69, 9.17) is 6.11 Å². The van der Waals surface area contributed by atoms with Crippen LogP contribution in [0.15, 0.2) is 0 Å². The molecule has 0 spiro atoms. The monoisotopic (exact) mass is 172 g/mol. The van der Waals surface area contributed by atoms with Crippen LogP contribution < -0.4 is 0 Å². The molecule has 0 saturated carbocycles. The predicted octanol–water partition coefficient (Wildman–Crippen LogP) is -0.0145. The first-order valence-electron chi connectivity index (χ1n) is 5.05. The summed E-state index contributed by atoms with van der Waals surface area (Å²) in [4.78, 5) is 0. The second-order valence-corrected chi connectivity index (χ2v) is 3.14. The van der Waals surface area contributed by atoms with E-state index in [-0.39, 0.29) is 6.90 Å². The lowest BCUT2D eigenvalue weighted by atomic mass is 9.65. The van der Waals surface area contributed by atoms with E-state index in [1.54, 1.807) is 0 Å². The first kappa shape index (κ1) is 8.54. The zero-order chi connectivity index (χ0) is 9.84. The summed E-state index contributed by atoms with van der Waals surface area (Å²) in [6, 6.07) is -0.398. The van der Waals surface area contributed by atoms with Crippen LogP contribution >= 0.6 is 0 Å². The van der Waals surface area contributed by atoms with E-state index in [2.05, 4.69) is 0 Å². The number of ether oxygens (including phenoxy) is 1. The van der Waals surface area contributed by atoms with Gasteiger partial charge in [0.1, 0.15) is 12.2 Å². The lowest BCUT2D eigenvalue weighted by molar-refractivity contribution is 0.0317. The van der Waals surface area contributed by atoms with E-state index < -0.39 is 24.3 Å². The van der Waals surface area contributed by atoms with Crippen LogP contribution in [0.2, 0.25) is 6.32 Å². The summed E-state index contributed by atoms with van der Waals surface area (Å²) in [5, 5.41) is 18.9. The van der Waals surface area contributed by atoms with Gasteiger partial charge in [-0.05, 0) is 6.90 Å². The molecule has 1 rings (SSSR count). The fourth-order valence-electron chi connectivity index (χ4n) is 1.30. The molecule has 0 bridgehead atoms. The normalized spacial score (nSPS) is 42.8. The highest BCUT2D eigenvalue weighted by molar-refractivity contribution is 6.37. The van der Waals surface area contributed by atoms with Crippen molar-refractivity contribution in [3.63, 3.8) is 0 Å². The summed E-state index contributed by atoms with van der Waals surface area (Å²) < 4.78 is 12.4. The Kier molecular flexibility index (Phi) is 3.03. The van der Waals surface area contributed by atoms with E-state index in [0.29, 0.717) is 0 Å². The molecule has 1 fully saturated rings. The highest BCUT2D eigenvalue weighted by Crippen LogP contribution is 2.20. The van der Waals surface area contributed by atoms with Crippen LogP contribution in [0.3, 0.4) is 0 Å². The van der Waals surface area contributed by atoms with E-state index in [9.17, 15) is 10.2 Å². The average Bonchev–Trinajstić information content (AvgIpc) is 2.41. The Morgan fingerprint density at radius 2 is 2.25 bits per heavy atom. The van der Waals surface area contributed by atoms with Crippen molar-refractivity contribution in [3.05, 3.63) is 0 Å². The maximum absolute atomic E-state index is 9.50. The van der Waals surface area contributed by atoms with E-state index in [0.717, 1.165) is 12.7 Å². The van der Waals surface area contributed by atoms with Crippen LogP contribution in [0.25, 0.3) is 0 Å². The summed E-state index contributed by atoms with van der Waals surface area (Å²) in [7, 11) is 1.86. The van der Waals surface area contributed by atoms with Crippen molar-refractivity contribution in [2.75, 3.05) is 0 Å². The Hall–Kier alpha value is -0.0551.